The quantitative estimate of drug-likeness (QED) is 0.806. The minimum atomic E-state index is 0.725. The molecule has 100 valence electrons. The van der Waals surface area contributed by atoms with Crippen molar-refractivity contribution in [2.45, 2.75) is 76.3 Å². The maximum Gasteiger partial charge on any atom is 0.285 e. The SMILES string of the molecule is c1sc[n+](C2CCCCC2)c1NC1CCCCC1. The Morgan fingerprint density at radius 1 is 0.944 bits per heavy atom. The van der Waals surface area contributed by atoms with Gasteiger partial charge in [-0.15, -0.1) is 11.3 Å². The second kappa shape index (κ2) is 6.05. The summed E-state index contributed by atoms with van der Waals surface area (Å²) in [6, 6.07) is 1.49. The van der Waals surface area contributed by atoms with E-state index in [1.54, 1.807) is 0 Å². The second-order valence-electron chi connectivity index (χ2n) is 5.92. The van der Waals surface area contributed by atoms with Gasteiger partial charge in [-0.05, 0) is 51.4 Å². The van der Waals surface area contributed by atoms with Crippen molar-refractivity contribution in [3.8, 4) is 0 Å². The van der Waals surface area contributed by atoms with Gasteiger partial charge in [0.05, 0.1) is 11.4 Å². The largest absolute Gasteiger partial charge is 0.285 e. The molecule has 3 rings (SSSR count). The Bertz CT molecular complexity index is 362. The van der Waals surface area contributed by atoms with E-state index >= 15 is 0 Å². The van der Waals surface area contributed by atoms with Crippen molar-refractivity contribution >= 4 is 17.2 Å². The van der Waals surface area contributed by atoms with Crippen molar-refractivity contribution in [2.75, 3.05) is 5.32 Å². The van der Waals surface area contributed by atoms with Crippen LogP contribution in [-0.4, -0.2) is 6.04 Å². The van der Waals surface area contributed by atoms with Crippen LogP contribution in [0, 0.1) is 0 Å². The molecule has 1 aromatic rings. The molecule has 2 aliphatic carbocycles. The van der Waals surface area contributed by atoms with E-state index in [0.29, 0.717) is 0 Å². The zero-order chi connectivity index (χ0) is 12.2. The van der Waals surface area contributed by atoms with Crippen LogP contribution in [0.3, 0.4) is 0 Å². The molecule has 1 aromatic heterocycles. The van der Waals surface area contributed by atoms with E-state index in [-0.39, 0.29) is 0 Å². The van der Waals surface area contributed by atoms with E-state index in [1.807, 2.05) is 11.3 Å². The highest BCUT2D eigenvalue weighted by atomic mass is 32.1. The first-order valence-electron chi connectivity index (χ1n) is 7.67. The van der Waals surface area contributed by atoms with E-state index in [1.165, 1.54) is 70.0 Å². The fourth-order valence-corrected chi connectivity index (χ4v) is 4.28. The second-order valence-corrected chi connectivity index (χ2v) is 6.64. The predicted octanol–water partition coefficient (Wildman–Crippen LogP) is 4.29. The summed E-state index contributed by atoms with van der Waals surface area (Å²) in [5.41, 5.74) is 2.32. The summed E-state index contributed by atoms with van der Waals surface area (Å²) in [5, 5.41) is 6.11. The number of rotatable bonds is 3. The molecule has 0 aromatic carbocycles. The number of nitrogens with one attached hydrogen (secondary N) is 1. The molecule has 2 saturated carbocycles. The summed E-state index contributed by atoms with van der Waals surface area (Å²) >= 11 is 1.85. The van der Waals surface area contributed by atoms with Gasteiger partial charge in [-0.3, -0.25) is 5.32 Å². The molecular formula is C15H25N2S+. The molecule has 0 saturated heterocycles. The third kappa shape index (κ3) is 2.87. The Balaban J connectivity index is 1.66. The fourth-order valence-electron chi connectivity index (χ4n) is 3.48. The standard InChI is InChI=1S/C15H25N2S/c1-3-7-13(8-4-1)16-15-11-18-12-17(15)14-9-5-2-6-10-14/h11-14,16H,1-10H2/q+1. The molecule has 0 aliphatic heterocycles. The van der Waals surface area contributed by atoms with Gasteiger partial charge in [0.1, 0.15) is 11.6 Å². The Hall–Kier alpha value is -0.570. The number of hydrogen-bond acceptors (Lipinski definition) is 2. The summed E-state index contributed by atoms with van der Waals surface area (Å²) in [5.74, 6) is 1.39. The van der Waals surface area contributed by atoms with Gasteiger partial charge in [0.2, 0.25) is 0 Å². The van der Waals surface area contributed by atoms with Gasteiger partial charge >= 0.3 is 0 Å². The van der Waals surface area contributed by atoms with Crippen LogP contribution in [0.2, 0.25) is 0 Å². The zero-order valence-corrected chi connectivity index (χ0v) is 12.1. The average Bonchev–Trinajstić information content (AvgIpc) is 2.89. The van der Waals surface area contributed by atoms with Crippen LogP contribution in [0.25, 0.3) is 0 Å². The molecule has 2 fully saturated rings. The van der Waals surface area contributed by atoms with E-state index in [2.05, 4.69) is 20.8 Å². The Morgan fingerprint density at radius 2 is 1.61 bits per heavy atom. The highest BCUT2D eigenvalue weighted by Gasteiger charge is 2.25. The van der Waals surface area contributed by atoms with Crippen LogP contribution < -0.4 is 9.88 Å². The van der Waals surface area contributed by atoms with Gasteiger partial charge in [0.25, 0.3) is 5.82 Å². The van der Waals surface area contributed by atoms with Gasteiger partial charge in [-0.1, -0.05) is 12.8 Å². The Labute approximate surface area is 114 Å². The third-order valence-electron chi connectivity index (χ3n) is 4.56. The molecule has 0 bridgehead atoms. The highest BCUT2D eigenvalue weighted by molar-refractivity contribution is 7.07. The molecule has 0 spiro atoms. The van der Waals surface area contributed by atoms with Crippen molar-refractivity contribution in [3.05, 3.63) is 10.9 Å². The summed E-state index contributed by atoms with van der Waals surface area (Å²) in [6.07, 6.45) is 14.0. The molecule has 3 heteroatoms. The first-order chi connectivity index (χ1) is 8.93. The van der Waals surface area contributed by atoms with Crippen LogP contribution in [0.1, 0.15) is 70.3 Å². The first kappa shape index (κ1) is 12.5. The smallest absolute Gasteiger partial charge is 0.271 e. The monoisotopic (exact) mass is 265 g/mol. The predicted molar refractivity (Wildman–Crippen MR) is 77.1 cm³/mol. The van der Waals surface area contributed by atoms with Crippen molar-refractivity contribution in [2.24, 2.45) is 0 Å². The lowest BCUT2D eigenvalue weighted by molar-refractivity contribution is -0.708. The molecular weight excluding hydrogens is 240 g/mol. The van der Waals surface area contributed by atoms with Crippen LogP contribution in [0.5, 0.6) is 0 Å². The van der Waals surface area contributed by atoms with Gasteiger partial charge in [-0.25, -0.2) is 4.57 Å². The van der Waals surface area contributed by atoms with Crippen LogP contribution >= 0.6 is 11.3 Å². The summed E-state index contributed by atoms with van der Waals surface area (Å²) in [7, 11) is 0. The number of aromatic nitrogens is 1. The number of anilines is 1. The molecule has 2 aliphatic rings. The minimum absolute atomic E-state index is 0.725. The van der Waals surface area contributed by atoms with E-state index in [0.717, 1.165) is 12.1 Å². The van der Waals surface area contributed by atoms with Crippen LogP contribution in [0.4, 0.5) is 5.82 Å². The summed E-state index contributed by atoms with van der Waals surface area (Å²) in [6.45, 7) is 0. The molecule has 2 nitrogen and oxygen atoms in total. The third-order valence-corrected chi connectivity index (χ3v) is 5.27. The molecule has 0 radical (unpaired) electrons. The zero-order valence-electron chi connectivity index (χ0n) is 11.2. The topological polar surface area (TPSA) is 15.9 Å². The lowest BCUT2D eigenvalue weighted by Gasteiger charge is -2.22. The van der Waals surface area contributed by atoms with Crippen molar-refractivity contribution in [1.29, 1.82) is 0 Å². The van der Waals surface area contributed by atoms with Gasteiger partial charge in [-0.2, -0.15) is 0 Å². The Kier molecular flexibility index (Phi) is 4.19. The van der Waals surface area contributed by atoms with Crippen molar-refractivity contribution in [3.63, 3.8) is 0 Å². The molecule has 1 N–H and O–H groups in total. The maximum absolute atomic E-state index is 3.80. The molecule has 0 unspecified atom stereocenters. The summed E-state index contributed by atoms with van der Waals surface area (Å²) in [4.78, 5) is 0. The molecule has 0 atom stereocenters. The van der Waals surface area contributed by atoms with E-state index in [9.17, 15) is 0 Å². The normalized spacial score (nSPS) is 23.1. The van der Waals surface area contributed by atoms with Crippen molar-refractivity contribution < 1.29 is 4.57 Å². The van der Waals surface area contributed by atoms with Crippen molar-refractivity contribution in [1.82, 2.24) is 0 Å². The first-order valence-corrected chi connectivity index (χ1v) is 8.61. The number of nitrogens with zero attached hydrogens (tertiary/aromatic N) is 1. The highest BCUT2D eigenvalue weighted by Crippen LogP contribution is 2.27. The van der Waals surface area contributed by atoms with Crippen LogP contribution in [0.15, 0.2) is 10.9 Å². The maximum atomic E-state index is 3.80. The van der Waals surface area contributed by atoms with E-state index < -0.39 is 0 Å². The number of thiazole rings is 1. The Morgan fingerprint density at radius 3 is 2.33 bits per heavy atom. The molecule has 1 heterocycles. The average molecular weight is 265 g/mol. The lowest BCUT2D eigenvalue weighted by atomic mass is 9.95. The van der Waals surface area contributed by atoms with E-state index in [4.69, 9.17) is 0 Å². The van der Waals surface area contributed by atoms with Crippen LogP contribution in [-0.2, 0) is 0 Å². The molecule has 0 amide bonds. The fraction of sp³-hybridized carbons (Fsp3) is 0.800. The number of hydrogen-bond donors (Lipinski definition) is 1. The van der Waals surface area contributed by atoms with Gasteiger partial charge in [0.15, 0.2) is 0 Å². The lowest BCUT2D eigenvalue weighted by Crippen LogP contribution is -2.42. The van der Waals surface area contributed by atoms with Gasteiger partial charge < -0.3 is 0 Å². The van der Waals surface area contributed by atoms with Gasteiger partial charge in [0, 0.05) is 0 Å². The summed E-state index contributed by atoms with van der Waals surface area (Å²) < 4.78 is 2.53. The minimum Gasteiger partial charge on any atom is -0.271 e. The molecule has 18 heavy (non-hydrogen) atoms.